The van der Waals surface area contributed by atoms with Gasteiger partial charge in [0.25, 0.3) is 5.91 Å². The molecule has 0 unspecified atom stereocenters. The van der Waals surface area contributed by atoms with Gasteiger partial charge in [0.1, 0.15) is 5.82 Å². The lowest BCUT2D eigenvalue weighted by Gasteiger charge is -2.18. The van der Waals surface area contributed by atoms with E-state index in [9.17, 15) is 13.6 Å². The normalized spacial score (nSPS) is 10.2. The van der Waals surface area contributed by atoms with Crippen molar-refractivity contribution in [2.45, 2.75) is 0 Å². The number of hydrogen-bond donors (Lipinski definition) is 1. The van der Waals surface area contributed by atoms with Crippen LogP contribution in [0.25, 0.3) is 0 Å². The average molecular weight is 277 g/mol. The monoisotopic (exact) mass is 277 g/mol. The Kier molecular flexibility index (Phi) is 3.93. The average Bonchev–Trinajstić information content (AvgIpc) is 2.47. The van der Waals surface area contributed by atoms with Crippen LogP contribution in [0.5, 0.6) is 0 Å². The Bertz CT molecular complexity index is 629. The summed E-state index contributed by atoms with van der Waals surface area (Å²) < 4.78 is 26.9. The summed E-state index contributed by atoms with van der Waals surface area (Å²) in [6.07, 6.45) is 1.35. The summed E-state index contributed by atoms with van der Waals surface area (Å²) in [5.74, 6) is -1.65. The van der Waals surface area contributed by atoms with E-state index in [1.54, 1.807) is 0 Å². The Morgan fingerprint density at radius 1 is 1.20 bits per heavy atom. The van der Waals surface area contributed by atoms with Crippen LogP contribution in [0, 0.1) is 11.6 Å². The standard InChI is InChI=1S/C14H13F2N3O/c1-17-13-12(16)11(7-8-18-13)14(20)19(2)10-5-3-9(15)4-6-10/h3-8H,1-2H3,(H,17,18). The molecule has 0 atom stereocenters. The molecule has 0 radical (unpaired) electrons. The van der Waals surface area contributed by atoms with Gasteiger partial charge in [-0.05, 0) is 30.3 Å². The lowest BCUT2D eigenvalue weighted by Crippen LogP contribution is -2.27. The molecular formula is C14H13F2N3O. The molecule has 0 saturated carbocycles. The number of halogens is 2. The molecular weight excluding hydrogens is 264 g/mol. The highest BCUT2D eigenvalue weighted by molar-refractivity contribution is 6.06. The first kappa shape index (κ1) is 13.9. The summed E-state index contributed by atoms with van der Waals surface area (Å²) in [6.45, 7) is 0. The molecule has 104 valence electrons. The third-order valence-corrected chi connectivity index (χ3v) is 2.87. The smallest absolute Gasteiger partial charge is 0.261 e. The van der Waals surface area contributed by atoms with E-state index in [-0.39, 0.29) is 11.4 Å². The van der Waals surface area contributed by atoms with Crippen molar-refractivity contribution >= 4 is 17.4 Å². The highest BCUT2D eigenvalue weighted by Gasteiger charge is 2.20. The number of carbonyl (C=O) groups excluding carboxylic acids is 1. The van der Waals surface area contributed by atoms with E-state index < -0.39 is 17.5 Å². The van der Waals surface area contributed by atoms with Gasteiger partial charge in [-0.3, -0.25) is 4.79 Å². The molecule has 1 amide bonds. The van der Waals surface area contributed by atoms with Gasteiger partial charge in [0.05, 0.1) is 5.56 Å². The Hall–Kier alpha value is -2.50. The molecule has 0 aliphatic carbocycles. The molecule has 2 rings (SSSR count). The second-order valence-corrected chi connectivity index (χ2v) is 4.11. The predicted octanol–water partition coefficient (Wildman–Crippen LogP) is 2.68. The van der Waals surface area contributed by atoms with Gasteiger partial charge in [0.2, 0.25) is 0 Å². The van der Waals surface area contributed by atoms with Crippen LogP contribution in [0.2, 0.25) is 0 Å². The van der Waals surface area contributed by atoms with Crippen LogP contribution in [0.1, 0.15) is 10.4 Å². The van der Waals surface area contributed by atoms with E-state index in [4.69, 9.17) is 0 Å². The molecule has 2 aromatic rings. The molecule has 20 heavy (non-hydrogen) atoms. The van der Waals surface area contributed by atoms with Crippen LogP contribution in [0.3, 0.4) is 0 Å². The lowest BCUT2D eigenvalue weighted by molar-refractivity contribution is 0.0989. The number of hydrogen-bond acceptors (Lipinski definition) is 3. The molecule has 4 nitrogen and oxygen atoms in total. The maximum Gasteiger partial charge on any atom is 0.261 e. The first-order valence-corrected chi connectivity index (χ1v) is 5.90. The zero-order valence-corrected chi connectivity index (χ0v) is 11.0. The zero-order chi connectivity index (χ0) is 14.7. The van der Waals surface area contributed by atoms with E-state index in [0.29, 0.717) is 5.69 Å². The Balaban J connectivity index is 2.34. The fourth-order valence-corrected chi connectivity index (χ4v) is 1.75. The highest BCUT2D eigenvalue weighted by atomic mass is 19.1. The maximum atomic E-state index is 14.0. The molecule has 0 aliphatic rings. The Morgan fingerprint density at radius 2 is 1.85 bits per heavy atom. The van der Waals surface area contributed by atoms with Crippen molar-refractivity contribution < 1.29 is 13.6 Å². The first-order chi connectivity index (χ1) is 9.54. The minimum Gasteiger partial charge on any atom is -0.371 e. The number of benzene rings is 1. The van der Waals surface area contributed by atoms with Crippen LogP contribution in [-0.2, 0) is 0 Å². The molecule has 1 aromatic heterocycles. The van der Waals surface area contributed by atoms with Gasteiger partial charge in [-0.15, -0.1) is 0 Å². The van der Waals surface area contributed by atoms with Gasteiger partial charge >= 0.3 is 0 Å². The topological polar surface area (TPSA) is 45.2 Å². The van der Waals surface area contributed by atoms with Crippen molar-refractivity contribution in [1.82, 2.24) is 4.98 Å². The minimum absolute atomic E-state index is 0.00311. The number of rotatable bonds is 3. The SMILES string of the molecule is CNc1nccc(C(=O)N(C)c2ccc(F)cc2)c1F. The number of pyridine rings is 1. The van der Waals surface area contributed by atoms with Crippen LogP contribution in [0.4, 0.5) is 20.3 Å². The summed E-state index contributed by atoms with van der Waals surface area (Å²) in [7, 11) is 3.01. The van der Waals surface area contributed by atoms with Gasteiger partial charge < -0.3 is 10.2 Å². The van der Waals surface area contributed by atoms with Crippen LogP contribution in [-0.4, -0.2) is 25.0 Å². The third-order valence-electron chi connectivity index (χ3n) is 2.87. The van der Waals surface area contributed by atoms with Gasteiger partial charge in [-0.25, -0.2) is 13.8 Å². The molecule has 0 saturated heterocycles. The molecule has 1 aromatic carbocycles. The molecule has 1 heterocycles. The van der Waals surface area contributed by atoms with Gasteiger partial charge in [-0.2, -0.15) is 0 Å². The molecule has 0 fully saturated rings. The predicted molar refractivity (Wildman–Crippen MR) is 72.9 cm³/mol. The zero-order valence-electron chi connectivity index (χ0n) is 11.0. The van der Waals surface area contributed by atoms with Gasteiger partial charge in [-0.1, -0.05) is 0 Å². The van der Waals surface area contributed by atoms with E-state index in [2.05, 4.69) is 10.3 Å². The largest absolute Gasteiger partial charge is 0.371 e. The van der Waals surface area contributed by atoms with Crippen molar-refractivity contribution in [1.29, 1.82) is 0 Å². The quantitative estimate of drug-likeness (QED) is 0.938. The van der Waals surface area contributed by atoms with E-state index >= 15 is 0 Å². The number of nitrogens with one attached hydrogen (secondary N) is 1. The molecule has 6 heteroatoms. The number of carbonyl (C=O) groups is 1. The van der Waals surface area contributed by atoms with E-state index in [1.807, 2.05) is 0 Å². The van der Waals surface area contributed by atoms with Crippen molar-refractivity contribution in [3.8, 4) is 0 Å². The molecule has 1 N–H and O–H groups in total. The number of amides is 1. The summed E-state index contributed by atoms with van der Waals surface area (Å²) >= 11 is 0. The summed E-state index contributed by atoms with van der Waals surface area (Å²) in [6, 6.07) is 6.68. The van der Waals surface area contributed by atoms with Crippen molar-refractivity contribution in [3.63, 3.8) is 0 Å². The van der Waals surface area contributed by atoms with Crippen molar-refractivity contribution in [2.75, 3.05) is 24.3 Å². The second kappa shape index (κ2) is 5.64. The maximum absolute atomic E-state index is 14.0. The number of aromatic nitrogens is 1. The fraction of sp³-hybridized carbons (Fsp3) is 0.143. The highest BCUT2D eigenvalue weighted by Crippen LogP contribution is 2.20. The van der Waals surface area contributed by atoms with Gasteiger partial charge in [0.15, 0.2) is 11.6 Å². The van der Waals surface area contributed by atoms with Crippen molar-refractivity contribution in [2.24, 2.45) is 0 Å². The Morgan fingerprint density at radius 3 is 2.45 bits per heavy atom. The Labute approximate surface area is 115 Å². The minimum atomic E-state index is -0.714. The second-order valence-electron chi connectivity index (χ2n) is 4.11. The fourth-order valence-electron chi connectivity index (χ4n) is 1.75. The van der Waals surface area contributed by atoms with E-state index in [1.165, 1.54) is 55.5 Å². The number of nitrogens with zero attached hydrogens (tertiary/aromatic N) is 2. The lowest BCUT2D eigenvalue weighted by atomic mass is 10.2. The van der Waals surface area contributed by atoms with Crippen LogP contribution in [0.15, 0.2) is 36.5 Å². The first-order valence-electron chi connectivity index (χ1n) is 5.90. The number of anilines is 2. The van der Waals surface area contributed by atoms with Gasteiger partial charge in [0, 0.05) is 26.0 Å². The summed E-state index contributed by atoms with van der Waals surface area (Å²) in [5, 5.41) is 2.57. The molecule has 0 aliphatic heterocycles. The van der Waals surface area contributed by atoms with Crippen LogP contribution < -0.4 is 10.2 Å². The van der Waals surface area contributed by atoms with E-state index in [0.717, 1.165) is 0 Å². The molecule has 0 bridgehead atoms. The van der Waals surface area contributed by atoms with Crippen molar-refractivity contribution in [3.05, 3.63) is 53.7 Å². The summed E-state index contributed by atoms with van der Waals surface area (Å²) in [5.41, 5.74) is 0.370. The third kappa shape index (κ3) is 2.59. The summed E-state index contributed by atoms with van der Waals surface area (Å²) in [4.78, 5) is 17.3. The van der Waals surface area contributed by atoms with Crippen LogP contribution >= 0.6 is 0 Å². The molecule has 0 spiro atoms.